The molecular formula is C7H12O4. The number of carbonyl (C=O) groups excluding carboxylic acids is 2. The van der Waals surface area contributed by atoms with E-state index in [4.69, 9.17) is 14.3 Å². The minimum atomic E-state index is -0.374. The first-order valence-electron chi connectivity index (χ1n) is 3.31. The van der Waals surface area contributed by atoms with Crippen molar-refractivity contribution in [3.05, 3.63) is 0 Å². The molecule has 1 fully saturated rings. The quantitative estimate of drug-likeness (QED) is 0.473. The van der Waals surface area contributed by atoms with Crippen LogP contribution in [0.3, 0.4) is 0 Å². The number of hydrogen-bond donors (Lipinski definition) is 0. The summed E-state index contributed by atoms with van der Waals surface area (Å²) in [5.41, 5.74) is 0. The predicted octanol–water partition coefficient (Wildman–Crippen LogP) is 0.152. The third kappa shape index (κ3) is 3.13. The van der Waals surface area contributed by atoms with Crippen LogP contribution >= 0.6 is 0 Å². The van der Waals surface area contributed by atoms with Crippen molar-refractivity contribution in [2.45, 2.75) is 26.1 Å². The number of ether oxygens (including phenoxy) is 2. The Morgan fingerprint density at radius 3 is 2.36 bits per heavy atom. The lowest BCUT2D eigenvalue weighted by Crippen LogP contribution is -2.36. The van der Waals surface area contributed by atoms with Crippen LogP contribution in [0.1, 0.15) is 13.8 Å². The fourth-order valence-corrected chi connectivity index (χ4v) is 0.676. The molecule has 4 nitrogen and oxygen atoms in total. The van der Waals surface area contributed by atoms with Gasteiger partial charge in [-0.05, 0) is 13.8 Å². The molecule has 4 heteroatoms. The Morgan fingerprint density at radius 1 is 1.45 bits per heavy atom. The zero-order chi connectivity index (χ0) is 8.85. The Hall–Kier alpha value is -0.900. The Morgan fingerprint density at radius 2 is 2.00 bits per heavy atom. The van der Waals surface area contributed by atoms with Crippen molar-refractivity contribution in [2.75, 3.05) is 6.61 Å². The second kappa shape index (κ2) is 4.85. The van der Waals surface area contributed by atoms with Gasteiger partial charge in [-0.25, -0.2) is 4.79 Å². The molecule has 0 saturated carbocycles. The van der Waals surface area contributed by atoms with Gasteiger partial charge in [0.15, 0.2) is 6.10 Å². The second-order valence-corrected chi connectivity index (χ2v) is 2.22. The molecule has 0 amide bonds. The maximum atomic E-state index is 10.7. The Balaban J connectivity index is 0.000000461. The second-order valence-electron chi connectivity index (χ2n) is 2.22. The standard InChI is InChI=1S/C6H10O3.CH2O/c1-4-3-8-5(2)6(7)9-4;1-2/h4-5H,3H2,1-2H3;1H2/t4-,5-;/m0./s1. The molecule has 64 valence electrons. The third-order valence-corrected chi connectivity index (χ3v) is 1.23. The van der Waals surface area contributed by atoms with Crippen molar-refractivity contribution >= 4 is 12.8 Å². The van der Waals surface area contributed by atoms with Gasteiger partial charge in [-0.1, -0.05) is 0 Å². The van der Waals surface area contributed by atoms with Crippen LogP contribution in [-0.4, -0.2) is 31.6 Å². The van der Waals surface area contributed by atoms with E-state index in [2.05, 4.69) is 0 Å². The summed E-state index contributed by atoms with van der Waals surface area (Å²) in [5.74, 6) is -0.256. The zero-order valence-electron chi connectivity index (χ0n) is 6.70. The normalized spacial score (nSPS) is 29.8. The fourth-order valence-electron chi connectivity index (χ4n) is 0.676. The van der Waals surface area contributed by atoms with Gasteiger partial charge in [-0.15, -0.1) is 0 Å². The van der Waals surface area contributed by atoms with E-state index in [0.29, 0.717) is 6.61 Å². The zero-order valence-corrected chi connectivity index (χ0v) is 6.70. The summed E-state index contributed by atoms with van der Waals surface area (Å²) in [4.78, 5) is 18.7. The Labute approximate surface area is 65.5 Å². The SMILES string of the molecule is C=O.C[C@@H]1OC[C@H](C)OC1=O. The molecule has 1 aliphatic heterocycles. The van der Waals surface area contributed by atoms with Crippen molar-refractivity contribution in [3.8, 4) is 0 Å². The van der Waals surface area contributed by atoms with E-state index in [1.54, 1.807) is 6.92 Å². The Bertz CT molecular complexity index is 134. The highest BCUT2D eigenvalue weighted by molar-refractivity contribution is 5.74. The van der Waals surface area contributed by atoms with E-state index in [1.165, 1.54) is 0 Å². The van der Waals surface area contributed by atoms with Crippen LogP contribution in [0.4, 0.5) is 0 Å². The monoisotopic (exact) mass is 160 g/mol. The summed E-state index contributed by atoms with van der Waals surface area (Å²) in [6.45, 7) is 6.02. The van der Waals surface area contributed by atoms with E-state index >= 15 is 0 Å². The van der Waals surface area contributed by atoms with Crippen molar-refractivity contribution in [3.63, 3.8) is 0 Å². The fraction of sp³-hybridized carbons (Fsp3) is 0.714. The van der Waals surface area contributed by atoms with Gasteiger partial charge in [0.1, 0.15) is 12.9 Å². The number of esters is 1. The molecule has 0 aromatic heterocycles. The molecule has 0 spiro atoms. The van der Waals surface area contributed by atoms with Gasteiger partial charge in [0.05, 0.1) is 6.61 Å². The van der Waals surface area contributed by atoms with E-state index in [-0.39, 0.29) is 18.2 Å². The molecule has 0 aromatic carbocycles. The minimum absolute atomic E-state index is 0.0753. The van der Waals surface area contributed by atoms with Crippen LogP contribution in [0.15, 0.2) is 0 Å². The van der Waals surface area contributed by atoms with Crippen molar-refractivity contribution in [1.82, 2.24) is 0 Å². The van der Waals surface area contributed by atoms with Crippen LogP contribution in [0, 0.1) is 0 Å². The molecule has 0 bridgehead atoms. The summed E-state index contributed by atoms with van der Waals surface area (Å²) in [7, 11) is 0. The highest BCUT2D eigenvalue weighted by Gasteiger charge is 2.23. The molecule has 0 N–H and O–H groups in total. The molecule has 0 unspecified atom stereocenters. The first-order chi connectivity index (χ1) is 5.20. The topological polar surface area (TPSA) is 52.6 Å². The smallest absolute Gasteiger partial charge is 0.335 e. The number of cyclic esters (lactones) is 1. The number of rotatable bonds is 0. The maximum Gasteiger partial charge on any atom is 0.335 e. The third-order valence-electron chi connectivity index (χ3n) is 1.23. The molecular weight excluding hydrogens is 148 g/mol. The summed E-state index contributed by atoms with van der Waals surface area (Å²) < 4.78 is 9.86. The maximum absolute atomic E-state index is 10.7. The van der Waals surface area contributed by atoms with Crippen LogP contribution in [0.25, 0.3) is 0 Å². The van der Waals surface area contributed by atoms with Gasteiger partial charge < -0.3 is 14.3 Å². The molecule has 2 atom stereocenters. The van der Waals surface area contributed by atoms with E-state index < -0.39 is 0 Å². The van der Waals surface area contributed by atoms with Crippen LogP contribution in [0.2, 0.25) is 0 Å². The van der Waals surface area contributed by atoms with Crippen LogP contribution in [-0.2, 0) is 19.1 Å². The average Bonchev–Trinajstić information content (AvgIpc) is 2.02. The molecule has 1 heterocycles. The van der Waals surface area contributed by atoms with Gasteiger partial charge >= 0.3 is 5.97 Å². The lowest BCUT2D eigenvalue weighted by Gasteiger charge is -2.23. The lowest BCUT2D eigenvalue weighted by molar-refractivity contribution is -0.179. The van der Waals surface area contributed by atoms with Crippen molar-refractivity contribution in [1.29, 1.82) is 0 Å². The molecule has 1 rings (SSSR count). The van der Waals surface area contributed by atoms with Crippen molar-refractivity contribution in [2.24, 2.45) is 0 Å². The van der Waals surface area contributed by atoms with E-state index in [9.17, 15) is 4.79 Å². The molecule has 0 radical (unpaired) electrons. The van der Waals surface area contributed by atoms with Crippen LogP contribution in [0.5, 0.6) is 0 Å². The highest BCUT2D eigenvalue weighted by Crippen LogP contribution is 2.06. The number of carbonyl (C=O) groups is 2. The molecule has 0 aliphatic carbocycles. The first-order valence-corrected chi connectivity index (χ1v) is 3.31. The molecule has 11 heavy (non-hydrogen) atoms. The predicted molar refractivity (Wildman–Crippen MR) is 38.1 cm³/mol. The van der Waals surface area contributed by atoms with Crippen LogP contribution < -0.4 is 0 Å². The highest BCUT2D eigenvalue weighted by atomic mass is 16.6. The molecule has 1 saturated heterocycles. The van der Waals surface area contributed by atoms with E-state index in [1.807, 2.05) is 13.7 Å². The van der Waals surface area contributed by atoms with Gasteiger partial charge in [-0.3, -0.25) is 0 Å². The number of hydrogen-bond acceptors (Lipinski definition) is 4. The molecule has 1 aliphatic rings. The van der Waals surface area contributed by atoms with Gasteiger partial charge in [0, 0.05) is 0 Å². The van der Waals surface area contributed by atoms with Gasteiger partial charge in [0.2, 0.25) is 0 Å². The molecule has 0 aromatic rings. The summed E-state index contributed by atoms with van der Waals surface area (Å²) in [6.07, 6.45) is -0.449. The summed E-state index contributed by atoms with van der Waals surface area (Å²) >= 11 is 0. The average molecular weight is 160 g/mol. The first kappa shape index (κ1) is 10.1. The van der Waals surface area contributed by atoms with Crippen molar-refractivity contribution < 1.29 is 19.1 Å². The van der Waals surface area contributed by atoms with E-state index in [0.717, 1.165) is 0 Å². The summed E-state index contributed by atoms with van der Waals surface area (Å²) in [5, 5.41) is 0. The lowest BCUT2D eigenvalue weighted by atomic mass is 10.3. The Kier molecular flexibility index (Phi) is 4.45. The van der Waals surface area contributed by atoms with Gasteiger partial charge in [0.25, 0.3) is 0 Å². The summed E-state index contributed by atoms with van der Waals surface area (Å²) in [6, 6.07) is 0. The van der Waals surface area contributed by atoms with Gasteiger partial charge in [-0.2, -0.15) is 0 Å². The largest absolute Gasteiger partial charge is 0.458 e. The minimum Gasteiger partial charge on any atom is -0.458 e.